The summed E-state index contributed by atoms with van der Waals surface area (Å²) in [7, 11) is 0. The molecule has 1 aromatic rings. The van der Waals surface area contributed by atoms with Crippen molar-refractivity contribution in [1.29, 1.82) is 0 Å². The Labute approximate surface area is 174 Å². The summed E-state index contributed by atoms with van der Waals surface area (Å²) in [5, 5.41) is 0. The standard InChI is InChI=1S/C15H16O2.C6H8O2.C4H6/c1-3-12-17-15(16)13(2)8-7-11-14-9-5-4-6-10-14;1-3-5-8-6(7)4-2;1-3-4-2/h3-7,9-11H,1-2,8,12H2;3-4H,1-2,5H2;3-4H,1-2H2. The molecule has 0 bridgehead atoms. The van der Waals surface area contributed by atoms with Crippen LogP contribution in [-0.4, -0.2) is 25.2 Å². The van der Waals surface area contributed by atoms with E-state index in [4.69, 9.17) is 4.74 Å². The van der Waals surface area contributed by atoms with Crippen molar-refractivity contribution in [2.75, 3.05) is 13.2 Å². The number of allylic oxidation sites excluding steroid dienone is 3. The summed E-state index contributed by atoms with van der Waals surface area (Å²) in [5.41, 5.74) is 1.54. The second-order valence-corrected chi connectivity index (χ2v) is 5.10. The fourth-order valence-corrected chi connectivity index (χ4v) is 1.42. The molecule has 0 spiro atoms. The first-order valence-corrected chi connectivity index (χ1v) is 8.77. The molecule has 0 aromatic heterocycles. The molecule has 0 aliphatic rings. The Kier molecular flexibility index (Phi) is 19.6. The lowest BCUT2D eigenvalue weighted by Gasteiger charge is -2.02. The van der Waals surface area contributed by atoms with Crippen LogP contribution in [-0.2, 0) is 19.1 Å². The Balaban J connectivity index is 0. The zero-order valence-electron chi connectivity index (χ0n) is 16.9. The zero-order chi connectivity index (χ0) is 22.3. The van der Waals surface area contributed by atoms with Crippen molar-refractivity contribution in [2.24, 2.45) is 0 Å². The van der Waals surface area contributed by atoms with E-state index >= 15 is 0 Å². The Morgan fingerprint density at radius 3 is 1.90 bits per heavy atom. The van der Waals surface area contributed by atoms with E-state index < -0.39 is 5.97 Å². The SMILES string of the molecule is C=CC=C.C=CCOC(=O)C(=C)CC=Cc1ccccc1.C=CCOC(=O)C=C. The number of carbonyl (C=O) groups excluding carboxylic acids is 2. The number of rotatable bonds is 10. The van der Waals surface area contributed by atoms with Gasteiger partial charge in [0.15, 0.2) is 0 Å². The molecule has 29 heavy (non-hydrogen) atoms. The van der Waals surface area contributed by atoms with Crippen molar-refractivity contribution in [3.05, 3.63) is 117 Å². The first-order chi connectivity index (χ1) is 14.0. The van der Waals surface area contributed by atoms with Crippen LogP contribution in [0.4, 0.5) is 0 Å². The van der Waals surface area contributed by atoms with Crippen LogP contribution in [0.15, 0.2) is 112 Å². The summed E-state index contributed by atoms with van der Waals surface area (Å²) >= 11 is 0. The third-order valence-corrected chi connectivity index (χ3v) is 2.77. The van der Waals surface area contributed by atoms with Gasteiger partial charge < -0.3 is 9.47 Å². The summed E-state index contributed by atoms with van der Waals surface area (Å²) in [4.78, 5) is 21.5. The van der Waals surface area contributed by atoms with Crippen LogP contribution >= 0.6 is 0 Å². The predicted octanol–water partition coefficient (Wildman–Crippen LogP) is 5.64. The molecule has 1 aromatic carbocycles. The van der Waals surface area contributed by atoms with Crippen LogP contribution < -0.4 is 0 Å². The van der Waals surface area contributed by atoms with E-state index in [0.29, 0.717) is 12.0 Å². The molecule has 0 aliphatic heterocycles. The summed E-state index contributed by atoms with van der Waals surface area (Å²) < 4.78 is 9.33. The molecule has 0 saturated heterocycles. The minimum Gasteiger partial charge on any atom is -0.458 e. The third kappa shape index (κ3) is 18.9. The Hall–Kier alpha value is -3.66. The van der Waals surface area contributed by atoms with Crippen LogP contribution in [0.2, 0.25) is 0 Å². The monoisotopic (exact) mass is 394 g/mol. The molecule has 0 unspecified atom stereocenters. The maximum atomic E-state index is 11.3. The van der Waals surface area contributed by atoms with Crippen molar-refractivity contribution in [1.82, 2.24) is 0 Å². The van der Waals surface area contributed by atoms with E-state index in [1.165, 1.54) is 12.2 Å². The molecular weight excluding hydrogens is 364 g/mol. The van der Waals surface area contributed by atoms with Crippen molar-refractivity contribution in [3.8, 4) is 0 Å². The highest BCUT2D eigenvalue weighted by Gasteiger charge is 2.04. The van der Waals surface area contributed by atoms with Crippen molar-refractivity contribution < 1.29 is 19.1 Å². The van der Waals surface area contributed by atoms with Crippen LogP contribution in [0.25, 0.3) is 6.08 Å². The van der Waals surface area contributed by atoms with Gasteiger partial charge in [0.25, 0.3) is 0 Å². The maximum Gasteiger partial charge on any atom is 0.334 e. The molecule has 0 heterocycles. The van der Waals surface area contributed by atoms with Crippen LogP contribution in [0.1, 0.15) is 12.0 Å². The van der Waals surface area contributed by atoms with Gasteiger partial charge in [-0.1, -0.05) is 106 Å². The predicted molar refractivity (Wildman–Crippen MR) is 122 cm³/mol. The molecule has 1 rings (SSSR count). The van der Waals surface area contributed by atoms with Crippen LogP contribution in [0.5, 0.6) is 0 Å². The van der Waals surface area contributed by atoms with E-state index in [1.807, 2.05) is 42.5 Å². The molecule has 0 radical (unpaired) electrons. The van der Waals surface area contributed by atoms with Gasteiger partial charge in [-0.3, -0.25) is 0 Å². The second-order valence-electron chi connectivity index (χ2n) is 5.10. The van der Waals surface area contributed by atoms with Crippen LogP contribution in [0, 0.1) is 0 Å². The van der Waals surface area contributed by atoms with E-state index in [0.717, 1.165) is 11.6 Å². The van der Waals surface area contributed by atoms with Crippen LogP contribution in [0.3, 0.4) is 0 Å². The topological polar surface area (TPSA) is 52.6 Å². The fraction of sp³-hybridized carbons (Fsp3) is 0.120. The largest absolute Gasteiger partial charge is 0.458 e. The quantitative estimate of drug-likeness (QED) is 0.223. The van der Waals surface area contributed by atoms with Gasteiger partial charge in [-0.25, -0.2) is 9.59 Å². The highest BCUT2D eigenvalue weighted by atomic mass is 16.5. The van der Waals surface area contributed by atoms with Gasteiger partial charge in [0.1, 0.15) is 13.2 Å². The lowest BCUT2D eigenvalue weighted by molar-refractivity contribution is -0.138. The molecule has 4 nitrogen and oxygen atoms in total. The minimum absolute atomic E-state index is 0.222. The van der Waals surface area contributed by atoms with Gasteiger partial charge in [0.05, 0.1) is 0 Å². The normalized spacial score (nSPS) is 8.69. The summed E-state index contributed by atoms with van der Waals surface area (Å²) in [6, 6.07) is 9.88. The van der Waals surface area contributed by atoms with Gasteiger partial charge in [-0.15, -0.1) is 0 Å². The highest BCUT2D eigenvalue weighted by molar-refractivity contribution is 5.88. The average molecular weight is 395 g/mol. The number of benzene rings is 1. The summed E-state index contributed by atoms with van der Waals surface area (Å²) in [5.74, 6) is -0.785. The smallest absolute Gasteiger partial charge is 0.334 e. The van der Waals surface area contributed by atoms with Gasteiger partial charge in [0, 0.05) is 11.6 Å². The first kappa shape index (κ1) is 27.6. The minimum atomic E-state index is -0.412. The first-order valence-electron chi connectivity index (χ1n) is 8.77. The lowest BCUT2D eigenvalue weighted by atomic mass is 10.1. The van der Waals surface area contributed by atoms with E-state index in [-0.39, 0.29) is 19.2 Å². The number of ether oxygens (including phenoxy) is 2. The molecule has 0 fully saturated rings. The lowest BCUT2D eigenvalue weighted by Crippen LogP contribution is -2.06. The zero-order valence-corrected chi connectivity index (χ0v) is 16.9. The van der Waals surface area contributed by atoms with Gasteiger partial charge in [-0.2, -0.15) is 0 Å². The second kappa shape index (κ2) is 20.6. The molecule has 0 atom stereocenters. The number of hydrogen-bond acceptors (Lipinski definition) is 4. The average Bonchev–Trinajstić information content (AvgIpc) is 2.76. The van der Waals surface area contributed by atoms with E-state index in [1.54, 1.807) is 12.2 Å². The molecule has 0 amide bonds. The van der Waals surface area contributed by atoms with E-state index in [9.17, 15) is 9.59 Å². The Morgan fingerprint density at radius 2 is 1.41 bits per heavy atom. The summed E-state index contributed by atoms with van der Waals surface area (Å²) in [6.07, 6.45) is 11.8. The Morgan fingerprint density at radius 1 is 0.862 bits per heavy atom. The van der Waals surface area contributed by atoms with Gasteiger partial charge in [0.2, 0.25) is 0 Å². The molecule has 0 N–H and O–H groups in total. The summed E-state index contributed by atoms with van der Waals surface area (Å²) in [6.45, 7) is 20.9. The maximum absolute atomic E-state index is 11.3. The van der Waals surface area contributed by atoms with Crippen molar-refractivity contribution in [2.45, 2.75) is 6.42 Å². The molecule has 154 valence electrons. The Bertz CT molecular complexity index is 691. The third-order valence-electron chi connectivity index (χ3n) is 2.77. The fourth-order valence-electron chi connectivity index (χ4n) is 1.42. The molecule has 4 heteroatoms. The number of esters is 2. The number of carbonyl (C=O) groups is 2. The van der Waals surface area contributed by atoms with Gasteiger partial charge >= 0.3 is 11.9 Å². The highest BCUT2D eigenvalue weighted by Crippen LogP contribution is 2.06. The van der Waals surface area contributed by atoms with Crippen molar-refractivity contribution in [3.63, 3.8) is 0 Å². The van der Waals surface area contributed by atoms with Gasteiger partial charge in [-0.05, 0) is 12.0 Å². The van der Waals surface area contributed by atoms with Crippen molar-refractivity contribution >= 4 is 18.0 Å². The number of hydrogen-bond donors (Lipinski definition) is 0. The van der Waals surface area contributed by atoms with E-state index in [2.05, 4.69) is 44.2 Å². The molecule has 0 saturated carbocycles. The molecule has 0 aliphatic carbocycles. The molecular formula is C25H30O4.